The van der Waals surface area contributed by atoms with Crippen molar-refractivity contribution in [2.75, 3.05) is 0 Å². The lowest BCUT2D eigenvalue weighted by Crippen LogP contribution is -2.20. The molecular weight excluding hydrogens is 420 g/mol. The molecule has 9 nitrogen and oxygen atoms in total. The number of nitriles is 1. The molecule has 0 aliphatic heterocycles. The van der Waals surface area contributed by atoms with Crippen LogP contribution in [-0.2, 0) is 16.7 Å². The summed E-state index contributed by atoms with van der Waals surface area (Å²) in [6, 6.07) is 15.4. The predicted octanol–water partition coefficient (Wildman–Crippen LogP) is 3.94. The Balaban J connectivity index is 1.95. The molecule has 2 aromatic carbocycles. The Morgan fingerprint density at radius 3 is 2.48 bits per heavy atom. The molecule has 0 amide bonds. The van der Waals surface area contributed by atoms with Gasteiger partial charge in [0.2, 0.25) is 5.88 Å². The van der Waals surface area contributed by atoms with Crippen LogP contribution in [0.1, 0.15) is 18.1 Å². The first kappa shape index (κ1) is 21.7. The number of nitrogens with zero attached hydrogens (tertiary/aromatic N) is 4. The Kier molecular flexibility index (Phi) is 6.17. The van der Waals surface area contributed by atoms with Crippen molar-refractivity contribution in [2.45, 2.75) is 25.3 Å². The van der Waals surface area contributed by atoms with Crippen molar-refractivity contribution in [1.82, 2.24) is 4.57 Å². The molecule has 0 spiro atoms. The van der Waals surface area contributed by atoms with Gasteiger partial charge < -0.3 is 9.29 Å². The molecule has 0 saturated heterocycles. The molecule has 0 aliphatic carbocycles. The van der Waals surface area contributed by atoms with Crippen molar-refractivity contribution in [3.63, 3.8) is 0 Å². The topological polar surface area (TPSA) is 134 Å². The zero-order valence-corrected chi connectivity index (χ0v) is 17.5. The molecule has 1 N–H and O–H groups in total. The van der Waals surface area contributed by atoms with Gasteiger partial charge in [-0.1, -0.05) is 24.3 Å². The van der Waals surface area contributed by atoms with Crippen LogP contribution in [0.3, 0.4) is 0 Å². The van der Waals surface area contributed by atoms with Crippen LogP contribution in [0.25, 0.3) is 0 Å². The predicted molar refractivity (Wildman–Crippen MR) is 112 cm³/mol. The van der Waals surface area contributed by atoms with Crippen molar-refractivity contribution in [3.05, 3.63) is 76.1 Å². The van der Waals surface area contributed by atoms with Crippen LogP contribution < -0.4 is 9.74 Å². The smallest absolute Gasteiger partial charge is 0.339 e. The molecule has 1 aromatic heterocycles. The van der Waals surface area contributed by atoms with E-state index in [-0.39, 0.29) is 39.7 Å². The number of hydrogen-bond donors (Lipinski definition) is 1. The minimum Gasteiger partial charge on any atom is -0.493 e. The number of benzene rings is 2. The lowest BCUT2D eigenvalue weighted by atomic mass is 10.1. The molecule has 0 fully saturated rings. The first-order chi connectivity index (χ1) is 14.8. The number of azo groups is 1. The molecule has 0 bridgehead atoms. The second-order valence-corrected chi connectivity index (χ2v) is 7.93. The summed E-state index contributed by atoms with van der Waals surface area (Å²) < 4.78 is 30.9. The first-order valence-electron chi connectivity index (χ1n) is 9.16. The van der Waals surface area contributed by atoms with E-state index < -0.39 is 21.6 Å². The van der Waals surface area contributed by atoms with Gasteiger partial charge >= 0.3 is 10.1 Å². The highest BCUT2D eigenvalue weighted by atomic mass is 32.2. The first-order valence-corrected chi connectivity index (χ1v) is 10.6. The van der Waals surface area contributed by atoms with E-state index in [1.165, 1.54) is 37.3 Å². The third-order valence-electron chi connectivity index (χ3n) is 4.41. The Bertz CT molecular complexity index is 1360. The normalized spacial score (nSPS) is 11.4. The molecule has 31 heavy (non-hydrogen) atoms. The van der Waals surface area contributed by atoms with Crippen LogP contribution in [-0.4, -0.2) is 18.1 Å². The fourth-order valence-electron chi connectivity index (χ4n) is 2.82. The lowest BCUT2D eigenvalue weighted by molar-refractivity contribution is 0.409. The van der Waals surface area contributed by atoms with E-state index in [1.807, 2.05) is 6.07 Å². The standard InChI is InChI=1S/C21H18N4O5S/c1-3-25-20(26)18(13-22)14(2)19(21(25)27)24-23-15-8-7-9-16(12-15)30-31(28,29)17-10-5-4-6-11-17/h4-12,26H,3H2,1-2H3. The van der Waals surface area contributed by atoms with Crippen LogP contribution in [0.5, 0.6) is 11.6 Å². The zero-order chi connectivity index (χ0) is 22.6. The molecule has 0 radical (unpaired) electrons. The number of pyridine rings is 1. The maximum Gasteiger partial charge on any atom is 0.339 e. The summed E-state index contributed by atoms with van der Waals surface area (Å²) in [5, 5.41) is 27.3. The molecule has 0 unspecified atom stereocenters. The Labute approximate surface area is 178 Å². The number of rotatable bonds is 6. The van der Waals surface area contributed by atoms with Crippen LogP contribution in [0.4, 0.5) is 11.4 Å². The third kappa shape index (κ3) is 4.46. The fraction of sp³-hybridized carbons (Fsp3) is 0.143. The van der Waals surface area contributed by atoms with E-state index in [1.54, 1.807) is 31.2 Å². The van der Waals surface area contributed by atoms with E-state index in [0.717, 1.165) is 4.57 Å². The molecule has 1 heterocycles. The van der Waals surface area contributed by atoms with Crippen molar-refractivity contribution in [2.24, 2.45) is 10.2 Å². The molecule has 158 valence electrons. The van der Waals surface area contributed by atoms with E-state index in [9.17, 15) is 23.6 Å². The molecule has 3 aromatic rings. The summed E-state index contributed by atoms with van der Waals surface area (Å²) in [6.45, 7) is 3.27. The summed E-state index contributed by atoms with van der Waals surface area (Å²) in [5.74, 6) is -0.403. The van der Waals surface area contributed by atoms with E-state index in [0.29, 0.717) is 0 Å². The minimum absolute atomic E-state index is 0.00546. The SMILES string of the molecule is CCn1c(O)c(C#N)c(C)c(N=Nc2cccc(OS(=O)(=O)c3ccccc3)c2)c1=O. The van der Waals surface area contributed by atoms with Crippen LogP contribution in [0, 0.1) is 18.3 Å². The highest BCUT2D eigenvalue weighted by Gasteiger charge is 2.19. The summed E-state index contributed by atoms with van der Waals surface area (Å²) in [4.78, 5) is 12.6. The maximum atomic E-state index is 12.6. The highest BCUT2D eigenvalue weighted by molar-refractivity contribution is 7.87. The van der Waals surface area contributed by atoms with Gasteiger partial charge in [-0.3, -0.25) is 9.36 Å². The van der Waals surface area contributed by atoms with Gasteiger partial charge in [0, 0.05) is 18.2 Å². The average molecular weight is 438 g/mol. The fourth-order valence-corrected chi connectivity index (χ4v) is 3.76. The maximum absolute atomic E-state index is 12.6. The lowest BCUT2D eigenvalue weighted by Gasteiger charge is -2.10. The summed E-state index contributed by atoms with van der Waals surface area (Å²) in [7, 11) is -4.02. The van der Waals surface area contributed by atoms with Crippen molar-refractivity contribution in [3.8, 4) is 17.7 Å². The van der Waals surface area contributed by atoms with Gasteiger partial charge in [0.05, 0.1) is 5.69 Å². The monoisotopic (exact) mass is 438 g/mol. The van der Waals surface area contributed by atoms with Gasteiger partial charge in [-0.15, -0.1) is 5.11 Å². The van der Waals surface area contributed by atoms with Gasteiger partial charge in [0.15, 0.2) is 5.69 Å². The number of hydrogen-bond acceptors (Lipinski definition) is 8. The quantitative estimate of drug-likeness (QED) is 0.458. The highest BCUT2D eigenvalue weighted by Crippen LogP contribution is 2.28. The van der Waals surface area contributed by atoms with Gasteiger partial charge in [-0.2, -0.15) is 18.8 Å². The van der Waals surface area contributed by atoms with Gasteiger partial charge in [-0.05, 0) is 38.1 Å². The van der Waals surface area contributed by atoms with Crippen molar-refractivity contribution >= 4 is 21.5 Å². The number of aromatic hydroxyl groups is 1. The van der Waals surface area contributed by atoms with Gasteiger partial charge in [-0.25, -0.2) is 0 Å². The van der Waals surface area contributed by atoms with Crippen LogP contribution in [0.15, 0.2) is 74.5 Å². The zero-order valence-electron chi connectivity index (χ0n) is 16.7. The molecular formula is C21H18N4O5S. The third-order valence-corrected chi connectivity index (χ3v) is 5.67. The second-order valence-electron chi connectivity index (χ2n) is 6.38. The molecule has 0 saturated carbocycles. The van der Waals surface area contributed by atoms with Crippen molar-refractivity contribution in [1.29, 1.82) is 5.26 Å². The number of aromatic nitrogens is 1. The van der Waals surface area contributed by atoms with Crippen LogP contribution >= 0.6 is 0 Å². The Hall–Kier alpha value is -3.97. The molecule has 10 heteroatoms. The molecule has 0 atom stereocenters. The average Bonchev–Trinajstić information content (AvgIpc) is 2.75. The van der Waals surface area contributed by atoms with Crippen LogP contribution in [0.2, 0.25) is 0 Å². The van der Waals surface area contributed by atoms with E-state index in [4.69, 9.17) is 4.18 Å². The summed E-state index contributed by atoms with van der Waals surface area (Å²) in [6.07, 6.45) is 0. The molecule has 0 aliphatic rings. The Morgan fingerprint density at radius 1 is 1.13 bits per heavy atom. The van der Waals surface area contributed by atoms with E-state index in [2.05, 4.69) is 10.2 Å². The summed E-state index contributed by atoms with van der Waals surface area (Å²) in [5.41, 5.74) is -0.341. The Morgan fingerprint density at radius 2 is 1.84 bits per heavy atom. The summed E-state index contributed by atoms with van der Waals surface area (Å²) >= 11 is 0. The minimum atomic E-state index is -4.02. The van der Waals surface area contributed by atoms with E-state index >= 15 is 0 Å². The van der Waals surface area contributed by atoms with Crippen molar-refractivity contribution < 1.29 is 17.7 Å². The van der Waals surface area contributed by atoms with Gasteiger partial charge in [0.25, 0.3) is 5.56 Å². The largest absolute Gasteiger partial charge is 0.493 e. The van der Waals surface area contributed by atoms with Gasteiger partial charge in [0.1, 0.15) is 22.3 Å². The molecule has 3 rings (SSSR count). The second kappa shape index (κ2) is 8.81.